The summed E-state index contributed by atoms with van der Waals surface area (Å²) in [5, 5.41) is 17.0. The van der Waals surface area contributed by atoms with E-state index in [1.54, 1.807) is 19.1 Å². The molecule has 0 aromatic heterocycles. The maximum absolute atomic E-state index is 13.4. The number of carbonyl (C=O) groups excluding carboxylic acids is 3. The van der Waals surface area contributed by atoms with Gasteiger partial charge in [0.1, 0.15) is 17.6 Å². The van der Waals surface area contributed by atoms with Gasteiger partial charge in [0.2, 0.25) is 5.91 Å². The summed E-state index contributed by atoms with van der Waals surface area (Å²) in [5.74, 6) is -3.50. The first-order valence-electron chi connectivity index (χ1n) is 9.58. The van der Waals surface area contributed by atoms with Gasteiger partial charge in [0.15, 0.2) is 5.71 Å². The lowest BCUT2D eigenvalue weighted by Gasteiger charge is -2.22. The van der Waals surface area contributed by atoms with E-state index in [1.807, 2.05) is 19.1 Å². The lowest BCUT2D eigenvalue weighted by molar-refractivity contribution is -0.384. The van der Waals surface area contributed by atoms with Gasteiger partial charge in [0, 0.05) is 6.07 Å². The van der Waals surface area contributed by atoms with Crippen molar-refractivity contribution in [2.24, 2.45) is 11.0 Å². The van der Waals surface area contributed by atoms with E-state index in [0.717, 1.165) is 10.5 Å². The number of nitrogens with zero attached hydrogens (tertiary/aromatic N) is 4. The van der Waals surface area contributed by atoms with Gasteiger partial charge in [-0.1, -0.05) is 29.8 Å². The molecule has 0 spiro atoms. The van der Waals surface area contributed by atoms with Crippen molar-refractivity contribution in [3.05, 3.63) is 64.2 Å². The van der Waals surface area contributed by atoms with Crippen molar-refractivity contribution in [2.45, 2.75) is 19.9 Å². The monoisotopic (exact) mass is 422 g/mol. The lowest BCUT2D eigenvalue weighted by atomic mass is 9.97. The van der Waals surface area contributed by atoms with Crippen molar-refractivity contribution < 1.29 is 24.0 Å². The molecule has 2 aromatic rings. The standard InChI is InChI=1S/C21H18N4O6/c1-3-31-21(28)17-16-18(24(22-17)13-10-8-12(2)9-11-13)20(27)23(19(16)26)14-6-4-5-7-15(14)25(29)30/h4-11,16,18H,3H2,1-2H3/t16-,18-/m1/s1. The Hall–Kier alpha value is -4.08. The summed E-state index contributed by atoms with van der Waals surface area (Å²) >= 11 is 0. The van der Waals surface area contributed by atoms with Crippen LogP contribution in [0.3, 0.4) is 0 Å². The average molecular weight is 422 g/mol. The summed E-state index contributed by atoms with van der Waals surface area (Å²) in [6.45, 7) is 3.57. The van der Waals surface area contributed by atoms with Crippen molar-refractivity contribution in [2.75, 3.05) is 16.5 Å². The first-order valence-corrected chi connectivity index (χ1v) is 9.58. The fourth-order valence-electron chi connectivity index (χ4n) is 3.74. The van der Waals surface area contributed by atoms with Crippen LogP contribution in [0.15, 0.2) is 53.6 Å². The number of para-hydroxylation sites is 2. The predicted molar refractivity (Wildman–Crippen MR) is 111 cm³/mol. The number of hydrogen-bond donors (Lipinski definition) is 0. The van der Waals surface area contributed by atoms with Crippen LogP contribution >= 0.6 is 0 Å². The van der Waals surface area contributed by atoms with Crippen LogP contribution in [0.5, 0.6) is 0 Å². The number of hydrazone groups is 1. The Kier molecular flexibility index (Phi) is 4.97. The number of rotatable bonds is 5. The van der Waals surface area contributed by atoms with Gasteiger partial charge in [-0.15, -0.1) is 0 Å². The Bertz CT molecular complexity index is 1130. The smallest absolute Gasteiger partial charge is 0.355 e. The molecule has 1 fully saturated rings. The highest BCUT2D eigenvalue weighted by atomic mass is 16.6. The number of carbonyl (C=O) groups is 3. The molecule has 1 saturated heterocycles. The predicted octanol–water partition coefficient (Wildman–Crippen LogP) is 2.20. The van der Waals surface area contributed by atoms with Gasteiger partial charge in [-0.2, -0.15) is 5.10 Å². The Morgan fingerprint density at radius 1 is 1.13 bits per heavy atom. The molecule has 0 N–H and O–H groups in total. The number of anilines is 2. The van der Waals surface area contributed by atoms with Crippen LogP contribution in [-0.4, -0.2) is 41.1 Å². The van der Waals surface area contributed by atoms with E-state index in [-0.39, 0.29) is 23.7 Å². The number of aryl methyl sites for hydroxylation is 1. The molecule has 2 amide bonds. The number of benzene rings is 2. The minimum absolute atomic E-state index is 0.0653. The number of hydrogen-bond acceptors (Lipinski definition) is 8. The highest BCUT2D eigenvalue weighted by Gasteiger charge is 2.59. The molecular formula is C21H18N4O6. The largest absolute Gasteiger partial charge is 0.461 e. The Morgan fingerprint density at radius 3 is 2.45 bits per heavy atom. The molecule has 2 aliphatic rings. The Morgan fingerprint density at radius 2 is 1.81 bits per heavy atom. The maximum Gasteiger partial charge on any atom is 0.355 e. The topological polar surface area (TPSA) is 122 Å². The molecule has 2 atom stereocenters. The molecule has 4 rings (SSSR count). The van der Waals surface area contributed by atoms with Gasteiger partial charge >= 0.3 is 5.97 Å². The van der Waals surface area contributed by atoms with Crippen LogP contribution in [0.1, 0.15) is 12.5 Å². The quantitative estimate of drug-likeness (QED) is 0.313. The SMILES string of the molecule is CCOC(=O)C1=NN(c2ccc(C)cc2)[C@H]2C(=O)N(c3ccccc3[N+](=O)[O-])C(=O)[C@H]12. The van der Waals surface area contributed by atoms with E-state index >= 15 is 0 Å². The first-order chi connectivity index (χ1) is 14.8. The number of nitro groups is 1. The summed E-state index contributed by atoms with van der Waals surface area (Å²) < 4.78 is 5.04. The molecule has 0 radical (unpaired) electrons. The average Bonchev–Trinajstić information content (AvgIpc) is 3.26. The van der Waals surface area contributed by atoms with E-state index in [0.29, 0.717) is 5.69 Å². The molecule has 31 heavy (non-hydrogen) atoms. The van der Waals surface area contributed by atoms with Crippen LogP contribution in [0.25, 0.3) is 0 Å². The Balaban J connectivity index is 1.82. The summed E-state index contributed by atoms with van der Waals surface area (Å²) in [7, 11) is 0. The fourth-order valence-corrected chi connectivity index (χ4v) is 3.74. The highest BCUT2D eigenvalue weighted by molar-refractivity contribution is 6.47. The van der Waals surface area contributed by atoms with E-state index in [9.17, 15) is 24.5 Å². The summed E-state index contributed by atoms with van der Waals surface area (Å²) in [4.78, 5) is 50.7. The van der Waals surface area contributed by atoms with Crippen molar-refractivity contribution in [1.82, 2.24) is 0 Å². The molecule has 2 aliphatic heterocycles. The lowest BCUT2D eigenvalue weighted by Crippen LogP contribution is -2.39. The van der Waals surface area contributed by atoms with Gasteiger partial charge in [-0.05, 0) is 32.0 Å². The van der Waals surface area contributed by atoms with Crippen LogP contribution in [-0.2, 0) is 19.1 Å². The van der Waals surface area contributed by atoms with Gasteiger partial charge < -0.3 is 4.74 Å². The number of imide groups is 1. The van der Waals surface area contributed by atoms with E-state index in [2.05, 4.69) is 5.10 Å². The molecule has 0 bridgehead atoms. The molecule has 0 saturated carbocycles. The first kappa shape index (κ1) is 20.2. The van der Waals surface area contributed by atoms with Crippen molar-refractivity contribution >= 4 is 40.6 Å². The van der Waals surface area contributed by atoms with E-state index in [1.165, 1.54) is 29.3 Å². The number of amides is 2. The molecule has 2 heterocycles. The normalized spacial score (nSPS) is 20.0. The van der Waals surface area contributed by atoms with Gasteiger partial charge in [0.25, 0.3) is 11.6 Å². The molecule has 0 unspecified atom stereocenters. The highest BCUT2D eigenvalue weighted by Crippen LogP contribution is 2.40. The van der Waals surface area contributed by atoms with Gasteiger partial charge in [-0.25, -0.2) is 9.69 Å². The van der Waals surface area contributed by atoms with Gasteiger partial charge in [-0.3, -0.25) is 24.7 Å². The third kappa shape index (κ3) is 3.21. The second kappa shape index (κ2) is 7.63. The maximum atomic E-state index is 13.4. The zero-order valence-corrected chi connectivity index (χ0v) is 16.7. The molecule has 10 nitrogen and oxygen atoms in total. The second-order valence-corrected chi connectivity index (χ2v) is 7.07. The van der Waals surface area contributed by atoms with E-state index in [4.69, 9.17) is 4.74 Å². The van der Waals surface area contributed by atoms with E-state index < -0.39 is 34.7 Å². The third-order valence-corrected chi connectivity index (χ3v) is 5.15. The zero-order valence-electron chi connectivity index (χ0n) is 16.7. The number of esters is 1. The Labute approximate surface area is 176 Å². The zero-order chi connectivity index (χ0) is 22.3. The number of fused-ring (bicyclic) bond motifs is 1. The molecule has 2 aromatic carbocycles. The molecule has 0 aliphatic carbocycles. The number of ether oxygens (including phenoxy) is 1. The fraction of sp³-hybridized carbons (Fsp3) is 0.238. The van der Waals surface area contributed by atoms with Crippen LogP contribution in [0.4, 0.5) is 17.1 Å². The second-order valence-electron chi connectivity index (χ2n) is 7.07. The molecule has 10 heteroatoms. The molecule has 158 valence electrons. The van der Waals surface area contributed by atoms with Crippen LogP contribution in [0, 0.1) is 23.0 Å². The van der Waals surface area contributed by atoms with Crippen LogP contribution < -0.4 is 9.91 Å². The van der Waals surface area contributed by atoms with Crippen molar-refractivity contribution in [1.29, 1.82) is 0 Å². The summed E-state index contributed by atoms with van der Waals surface area (Å²) in [6, 6.07) is 11.4. The van der Waals surface area contributed by atoms with Crippen molar-refractivity contribution in [3.63, 3.8) is 0 Å². The minimum Gasteiger partial charge on any atom is -0.461 e. The molecular weight excluding hydrogens is 404 g/mol. The third-order valence-electron chi connectivity index (χ3n) is 5.15. The summed E-state index contributed by atoms with van der Waals surface area (Å²) in [6.07, 6.45) is 0. The van der Waals surface area contributed by atoms with Crippen molar-refractivity contribution in [3.8, 4) is 0 Å². The minimum atomic E-state index is -1.23. The van der Waals surface area contributed by atoms with Gasteiger partial charge in [0.05, 0.1) is 17.2 Å². The summed E-state index contributed by atoms with van der Waals surface area (Å²) in [5.41, 5.74) is 0.742. The van der Waals surface area contributed by atoms with Crippen LogP contribution in [0.2, 0.25) is 0 Å². The number of nitro benzene ring substituents is 1.